The largest absolute Gasteiger partial charge is 0.328 e. The molecule has 0 aliphatic carbocycles. The van der Waals surface area contributed by atoms with Crippen LogP contribution in [-0.2, 0) is 13.0 Å². The highest BCUT2D eigenvalue weighted by molar-refractivity contribution is 6.04. The van der Waals surface area contributed by atoms with Gasteiger partial charge in [0.05, 0.1) is 11.9 Å². The fourth-order valence-corrected chi connectivity index (χ4v) is 3.23. The molecule has 2 aromatic carbocycles. The van der Waals surface area contributed by atoms with Crippen LogP contribution in [0.25, 0.3) is 11.3 Å². The van der Waals surface area contributed by atoms with Crippen LogP contribution in [0, 0.1) is 6.92 Å². The van der Waals surface area contributed by atoms with Crippen molar-refractivity contribution in [3.05, 3.63) is 71.7 Å². The van der Waals surface area contributed by atoms with Crippen LogP contribution in [0.15, 0.2) is 54.7 Å². The molecule has 4 heteroatoms. The number of imidazole rings is 1. The maximum atomic E-state index is 12.4. The quantitative estimate of drug-likeness (QED) is 0.792. The minimum atomic E-state index is -0.0886. The molecular weight excluding hydrogens is 298 g/mol. The molecule has 0 radical (unpaired) electrons. The molecule has 0 saturated heterocycles. The van der Waals surface area contributed by atoms with Gasteiger partial charge in [-0.1, -0.05) is 29.8 Å². The third-order valence-electron chi connectivity index (χ3n) is 4.42. The third kappa shape index (κ3) is 2.71. The molecule has 0 bridgehead atoms. The van der Waals surface area contributed by atoms with Gasteiger partial charge in [-0.15, -0.1) is 0 Å². The summed E-state index contributed by atoms with van der Waals surface area (Å²) in [6, 6.07) is 15.6. The van der Waals surface area contributed by atoms with Crippen molar-refractivity contribution in [2.45, 2.75) is 26.3 Å². The highest BCUT2D eigenvalue weighted by Gasteiger charge is 2.16. The van der Waals surface area contributed by atoms with Gasteiger partial charge in [0.1, 0.15) is 5.82 Å². The minimum Gasteiger partial charge on any atom is -0.328 e. The molecule has 0 spiro atoms. The maximum absolute atomic E-state index is 12.4. The number of anilines is 1. The molecule has 120 valence electrons. The number of carbonyl (C=O) groups excluding carboxylic acids is 1. The fraction of sp³-hybridized carbons (Fsp3) is 0.200. The van der Waals surface area contributed by atoms with Gasteiger partial charge in [-0.05, 0) is 37.6 Å². The first kappa shape index (κ1) is 14.7. The lowest BCUT2D eigenvalue weighted by molar-refractivity contribution is 0.102. The molecular formula is C20H19N3O. The zero-order valence-corrected chi connectivity index (χ0v) is 13.6. The Balaban J connectivity index is 1.60. The van der Waals surface area contributed by atoms with E-state index in [2.05, 4.69) is 20.9 Å². The summed E-state index contributed by atoms with van der Waals surface area (Å²) in [5.41, 5.74) is 4.75. The lowest BCUT2D eigenvalue weighted by Gasteiger charge is -2.09. The van der Waals surface area contributed by atoms with Crippen molar-refractivity contribution in [1.29, 1.82) is 0 Å². The summed E-state index contributed by atoms with van der Waals surface area (Å²) in [4.78, 5) is 16.9. The predicted octanol–water partition coefficient (Wildman–Crippen LogP) is 4.06. The monoisotopic (exact) mass is 317 g/mol. The first-order chi connectivity index (χ1) is 11.7. The molecule has 4 nitrogen and oxygen atoms in total. The SMILES string of the molecule is Cc1cccc(C(=O)Nc2cccc(-c3cnc4n3CCC4)c2)c1. The number of carbonyl (C=O) groups is 1. The van der Waals surface area contributed by atoms with E-state index in [4.69, 9.17) is 0 Å². The van der Waals surface area contributed by atoms with Crippen molar-refractivity contribution < 1.29 is 4.79 Å². The van der Waals surface area contributed by atoms with E-state index in [-0.39, 0.29) is 5.91 Å². The van der Waals surface area contributed by atoms with Crippen molar-refractivity contribution in [1.82, 2.24) is 9.55 Å². The van der Waals surface area contributed by atoms with E-state index in [9.17, 15) is 4.79 Å². The summed E-state index contributed by atoms with van der Waals surface area (Å²) in [7, 11) is 0. The summed E-state index contributed by atoms with van der Waals surface area (Å²) >= 11 is 0. The summed E-state index contributed by atoms with van der Waals surface area (Å²) in [5.74, 6) is 1.06. The Morgan fingerprint density at radius 3 is 2.92 bits per heavy atom. The second kappa shape index (κ2) is 5.96. The number of nitrogens with one attached hydrogen (secondary N) is 1. The van der Waals surface area contributed by atoms with Crippen molar-refractivity contribution >= 4 is 11.6 Å². The Kier molecular flexibility index (Phi) is 3.65. The topological polar surface area (TPSA) is 46.9 Å². The lowest BCUT2D eigenvalue weighted by atomic mass is 10.1. The van der Waals surface area contributed by atoms with Crippen LogP contribution in [0.3, 0.4) is 0 Å². The van der Waals surface area contributed by atoms with Crippen LogP contribution in [0.2, 0.25) is 0 Å². The number of fused-ring (bicyclic) bond motifs is 1. The Morgan fingerprint density at radius 1 is 1.17 bits per heavy atom. The first-order valence-corrected chi connectivity index (χ1v) is 8.23. The Morgan fingerprint density at radius 2 is 2.04 bits per heavy atom. The number of hydrogen-bond donors (Lipinski definition) is 1. The number of hydrogen-bond acceptors (Lipinski definition) is 2. The van der Waals surface area contributed by atoms with Gasteiger partial charge in [0.15, 0.2) is 0 Å². The van der Waals surface area contributed by atoms with Crippen LogP contribution in [0.4, 0.5) is 5.69 Å². The molecule has 1 aromatic heterocycles. The van der Waals surface area contributed by atoms with Gasteiger partial charge in [-0.2, -0.15) is 0 Å². The number of amides is 1. The van der Waals surface area contributed by atoms with Crippen molar-refractivity contribution in [2.75, 3.05) is 5.32 Å². The average molecular weight is 317 g/mol. The highest BCUT2D eigenvalue weighted by atomic mass is 16.1. The molecule has 0 saturated carbocycles. The number of aryl methyl sites for hydroxylation is 2. The van der Waals surface area contributed by atoms with E-state index >= 15 is 0 Å². The average Bonchev–Trinajstić information content (AvgIpc) is 3.18. The standard InChI is InChI=1S/C20H19N3O/c1-14-5-2-7-16(11-14)20(24)22-17-8-3-6-15(12-17)18-13-21-19-9-4-10-23(18)19/h2-3,5-8,11-13H,4,9-10H2,1H3,(H,22,24). The van der Waals surface area contributed by atoms with Gasteiger partial charge in [-0.25, -0.2) is 4.98 Å². The van der Waals surface area contributed by atoms with Gasteiger partial charge in [0.2, 0.25) is 0 Å². The van der Waals surface area contributed by atoms with E-state index < -0.39 is 0 Å². The van der Waals surface area contributed by atoms with Gasteiger partial charge in [0.25, 0.3) is 5.91 Å². The lowest BCUT2D eigenvalue weighted by Crippen LogP contribution is -2.12. The normalized spacial score (nSPS) is 12.9. The molecule has 0 fully saturated rings. The molecule has 3 aromatic rings. The Hall–Kier alpha value is -2.88. The zero-order chi connectivity index (χ0) is 16.5. The Bertz CT molecular complexity index is 911. The van der Waals surface area contributed by atoms with Crippen LogP contribution in [-0.4, -0.2) is 15.5 Å². The van der Waals surface area contributed by atoms with E-state index in [1.54, 1.807) is 0 Å². The number of aromatic nitrogens is 2. The van der Waals surface area contributed by atoms with Gasteiger partial charge < -0.3 is 9.88 Å². The van der Waals surface area contributed by atoms with Crippen LogP contribution in [0.5, 0.6) is 0 Å². The molecule has 24 heavy (non-hydrogen) atoms. The second-order valence-corrected chi connectivity index (χ2v) is 6.22. The Labute approximate surface area is 141 Å². The third-order valence-corrected chi connectivity index (χ3v) is 4.42. The van der Waals surface area contributed by atoms with E-state index in [1.165, 1.54) is 0 Å². The number of nitrogens with zero attached hydrogens (tertiary/aromatic N) is 2. The van der Waals surface area contributed by atoms with Crippen LogP contribution in [0.1, 0.15) is 28.2 Å². The molecule has 0 atom stereocenters. The van der Waals surface area contributed by atoms with Gasteiger partial charge >= 0.3 is 0 Å². The van der Waals surface area contributed by atoms with Crippen LogP contribution >= 0.6 is 0 Å². The summed E-state index contributed by atoms with van der Waals surface area (Å²) < 4.78 is 2.27. The van der Waals surface area contributed by atoms with Gasteiger partial charge in [0, 0.05) is 29.8 Å². The fourth-order valence-electron chi connectivity index (χ4n) is 3.23. The number of rotatable bonds is 3. The van der Waals surface area contributed by atoms with Crippen molar-refractivity contribution in [2.24, 2.45) is 0 Å². The molecule has 4 rings (SSSR count). The molecule has 1 N–H and O–H groups in total. The first-order valence-electron chi connectivity index (χ1n) is 8.23. The molecule has 1 aliphatic heterocycles. The zero-order valence-electron chi connectivity index (χ0n) is 13.6. The molecule has 1 aliphatic rings. The van der Waals surface area contributed by atoms with E-state index in [0.29, 0.717) is 5.56 Å². The van der Waals surface area contributed by atoms with Crippen LogP contribution < -0.4 is 5.32 Å². The van der Waals surface area contributed by atoms with Crippen molar-refractivity contribution in [3.8, 4) is 11.3 Å². The molecule has 0 unspecified atom stereocenters. The molecule has 2 heterocycles. The predicted molar refractivity (Wildman–Crippen MR) is 95.1 cm³/mol. The van der Waals surface area contributed by atoms with Crippen molar-refractivity contribution in [3.63, 3.8) is 0 Å². The highest BCUT2D eigenvalue weighted by Crippen LogP contribution is 2.27. The van der Waals surface area contributed by atoms with E-state index in [0.717, 1.165) is 47.7 Å². The minimum absolute atomic E-state index is 0.0886. The molecule has 1 amide bonds. The van der Waals surface area contributed by atoms with E-state index in [1.807, 2.05) is 55.6 Å². The summed E-state index contributed by atoms with van der Waals surface area (Å²) in [5, 5.41) is 2.99. The van der Waals surface area contributed by atoms with Gasteiger partial charge in [-0.3, -0.25) is 4.79 Å². The maximum Gasteiger partial charge on any atom is 0.255 e. The summed E-state index contributed by atoms with van der Waals surface area (Å²) in [6.07, 6.45) is 4.12. The second-order valence-electron chi connectivity index (χ2n) is 6.22. The number of benzene rings is 2. The smallest absolute Gasteiger partial charge is 0.255 e. The summed E-state index contributed by atoms with van der Waals surface area (Å²) in [6.45, 7) is 3.00.